The van der Waals surface area contributed by atoms with Gasteiger partial charge in [0.25, 0.3) is 0 Å². The van der Waals surface area contributed by atoms with Gasteiger partial charge in [-0.05, 0) is 37.1 Å². The van der Waals surface area contributed by atoms with Gasteiger partial charge in [-0.3, -0.25) is 4.79 Å². The van der Waals surface area contributed by atoms with Crippen molar-refractivity contribution in [1.82, 2.24) is 0 Å². The fourth-order valence-corrected chi connectivity index (χ4v) is 3.74. The molecule has 1 atom stereocenters. The topological polar surface area (TPSA) is 69.7 Å². The smallest absolute Gasteiger partial charge is 0.324 e. The van der Waals surface area contributed by atoms with Gasteiger partial charge in [0.1, 0.15) is 5.75 Å². The van der Waals surface area contributed by atoms with Gasteiger partial charge in [0.2, 0.25) is 0 Å². The molecule has 0 bridgehead atoms. The number of benzene rings is 1. The summed E-state index contributed by atoms with van der Waals surface area (Å²) in [7, 11) is -2.28. The number of rotatable bonds is 6. The van der Waals surface area contributed by atoms with Crippen LogP contribution in [0.25, 0.3) is 0 Å². The Balaban J connectivity index is 3.18. The third-order valence-corrected chi connectivity index (χ3v) is 5.18. The molecule has 0 heterocycles. The maximum absolute atomic E-state index is 12.5. The Bertz CT molecular complexity index is 545. The highest BCUT2D eigenvalue weighted by Gasteiger charge is 2.37. The first-order valence-corrected chi connectivity index (χ1v) is 7.93. The van der Waals surface area contributed by atoms with Crippen LogP contribution in [0.1, 0.15) is 20.8 Å². The van der Waals surface area contributed by atoms with E-state index in [9.17, 15) is 13.2 Å². The van der Waals surface area contributed by atoms with Crippen LogP contribution in [0.3, 0.4) is 0 Å². The Labute approximate surface area is 119 Å². The number of esters is 1. The second-order valence-electron chi connectivity index (χ2n) is 4.64. The maximum Gasteiger partial charge on any atom is 0.324 e. The molecule has 0 saturated heterocycles. The summed E-state index contributed by atoms with van der Waals surface area (Å²) in [6, 6.07) is 5.97. The Hall–Kier alpha value is -1.56. The molecule has 6 heteroatoms. The molecule has 0 aliphatic heterocycles. The number of carbonyl (C=O) groups excluding carboxylic acids is 1. The first-order valence-electron chi connectivity index (χ1n) is 6.39. The molecule has 20 heavy (non-hydrogen) atoms. The van der Waals surface area contributed by atoms with Crippen molar-refractivity contribution in [2.24, 2.45) is 5.92 Å². The Morgan fingerprint density at radius 1 is 1.20 bits per heavy atom. The van der Waals surface area contributed by atoms with Crippen molar-refractivity contribution in [3.63, 3.8) is 0 Å². The van der Waals surface area contributed by atoms with E-state index < -0.39 is 21.1 Å². The standard InChI is InChI=1S/C14H20O5S/c1-5-19-14(15)13(10(2)3)20(16,17)12-8-6-11(18-4)7-9-12/h6-10,13H,5H2,1-4H3/t13-/m1/s1. The number of hydrogen-bond donors (Lipinski definition) is 0. The van der Waals surface area contributed by atoms with Gasteiger partial charge >= 0.3 is 5.97 Å². The zero-order valence-corrected chi connectivity index (χ0v) is 12.9. The van der Waals surface area contributed by atoms with E-state index in [1.54, 1.807) is 32.9 Å². The summed E-state index contributed by atoms with van der Waals surface area (Å²) in [5, 5.41) is -1.20. The van der Waals surface area contributed by atoms with Crippen LogP contribution >= 0.6 is 0 Å². The number of sulfone groups is 1. The molecular formula is C14H20O5S. The minimum absolute atomic E-state index is 0.0880. The lowest BCUT2D eigenvalue weighted by Crippen LogP contribution is -2.36. The number of ether oxygens (including phenoxy) is 2. The molecule has 5 nitrogen and oxygen atoms in total. The van der Waals surface area contributed by atoms with Gasteiger partial charge in [0, 0.05) is 0 Å². The van der Waals surface area contributed by atoms with E-state index in [4.69, 9.17) is 9.47 Å². The molecule has 0 unspecified atom stereocenters. The maximum atomic E-state index is 12.5. The minimum Gasteiger partial charge on any atom is -0.497 e. The van der Waals surface area contributed by atoms with Crippen molar-refractivity contribution in [2.45, 2.75) is 30.9 Å². The highest BCUT2D eigenvalue weighted by atomic mass is 32.2. The molecule has 1 aromatic rings. The summed E-state index contributed by atoms with van der Waals surface area (Å²) in [6.45, 7) is 5.17. The zero-order valence-electron chi connectivity index (χ0n) is 12.1. The van der Waals surface area contributed by atoms with Crippen molar-refractivity contribution in [3.8, 4) is 5.75 Å². The third kappa shape index (κ3) is 3.50. The van der Waals surface area contributed by atoms with Crippen molar-refractivity contribution < 1.29 is 22.7 Å². The molecule has 0 amide bonds. The lowest BCUT2D eigenvalue weighted by molar-refractivity contribution is -0.143. The Morgan fingerprint density at radius 2 is 1.75 bits per heavy atom. The molecule has 0 saturated carbocycles. The summed E-state index contributed by atoms with van der Waals surface area (Å²) < 4.78 is 35.0. The largest absolute Gasteiger partial charge is 0.497 e. The van der Waals surface area contributed by atoms with E-state index in [2.05, 4.69) is 0 Å². The van der Waals surface area contributed by atoms with Crippen molar-refractivity contribution in [2.75, 3.05) is 13.7 Å². The van der Waals surface area contributed by atoms with Crippen LogP contribution in [-0.2, 0) is 19.4 Å². The van der Waals surface area contributed by atoms with Gasteiger partial charge in [-0.2, -0.15) is 0 Å². The molecule has 0 radical (unpaired) electrons. The molecular weight excluding hydrogens is 280 g/mol. The normalized spacial score (nSPS) is 13.1. The summed E-state index contributed by atoms with van der Waals surface area (Å²) in [5.74, 6) is -0.527. The lowest BCUT2D eigenvalue weighted by Gasteiger charge is -2.19. The highest BCUT2D eigenvalue weighted by Crippen LogP contribution is 2.24. The van der Waals surface area contributed by atoms with Crippen LogP contribution in [0.2, 0.25) is 0 Å². The average Bonchev–Trinajstić information content (AvgIpc) is 2.38. The molecule has 0 fully saturated rings. The number of carbonyl (C=O) groups is 1. The minimum atomic E-state index is -3.78. The van der Waals surface area contributed by atoms with E-state index in [0.29, 0.717) is 5.75 Å². The molecule has 1 rings (SSSR count). The molecule has 0 aliphatic carbocycles. The van der Waals surface area contributed by atoms with E-state index >= 15 is 0 Å². The van der Waals surface area contributed by atoms with Gasteiger partial charge in [0.15, 0.2) is 15.1 Å². The van der Waals surface area contributed by atoms with E-state index in [1.165, 1.54) is 19.2 Å². The molecule has 0 aromatic heterocycles. The third-order valence-electron chi connectivity index (χ3n) is 2.85. The number of hydrogen-bond acceptors (Lipinski definition) is 5. The van der Waals surface area contributed by atoms with Crippen LogP contribution in [0.4, 0.5) is 0 Å². The van der Waals surface area contributed by atoms with Gasteiger partial charge in [-0.25, -0.2) is 8.42 Å². The second kappa shape index (κ2) is 6.74. The van der Waals surface area contributed by atoms with E-state index in [-0.39, 0.29) is 17.4 Å². The first kappa shape index (κ1) is 16.5. The monoisotopic (exact) mass is 300 g/mol. The SMILES string of the molecule is CCOC(=O)[C@@H](C(C)C)S(=O)(=O)c1ccc(OC)cc1. The van der Waals surface area contributed by atoms with E-state index in [0.717, 1.165) is 0 Å². The van der Waals surface area contributed by atoms with Crippen molar-refractivity contribution in [3.05, 3.63) is 24.3 Å². The van der Waals surface area contributed by atoms with E-state index in [1.807, 2.05) is 0 Å². The average molecular weight is 300 g/mol. The van der Waals surface area contributed by atoms with Gasteiger partial charge in [-0.15, -0.1) is 0 Å². The lowest BCUT2D eigenvalue weighted by atomic mass is 10.1. The quantitative estimate of drug-likeness (QED) is 0.752. The second-order valence-corrected chi connectivity index (χ2v) is 6.71. The Kier molecular flexibility index (Phi) is 5.56. The predicted molar refractivity (Wildman–Crippen MR) is 75.4 cm³/mol. The van der Waals surface area contributed by atoms with Gasteiger partial charge in [0.05, 0.1) is 18.6 Å². The zero-order chi connectivity index (χ0) is 15.3. The molecule has 1 aromatic carbocycles. The van der Waals surface area contributed by atoms with Crippen LogP contribution in [0.5, 0.6) is 5.75 Å². The van der Waals surface area contributed by atoms with Crippen LogP contribution < -0.4 is 4.74 Å². The molecule has 0 N–H and O–H groups in total. The molecule has 112 valence electrons. The van der Waals surface area contributed by atoms with Gasteiger partial charge < -0.3 is 9.47 Å². The van der Waals surface area contributed by atoms with Crippen molar-refractivity contribution in [1.29, 1.82) is 0 Å². The van der Waals surface area contributed by atoms with Gasteiger partial charge in [-0.1, -0.05) is 13.8 Å². The summed E-state index contributed by atoms with van der Waals surface area (Å²) in [5.41, 5.74) is 0. The van der Waals surface area contributed by atoms with Crippen LogP contribution in [0, 0.1) is 5.92 Å². The van der Waals surface area contributed by atoms with Crippen LogP contribution in [0.15, 0.2) is 29.2 Å². The summed E-state index contributed by atoms with van der Waals surface area (Å²) >= 11 is 0. The molecule has 0 aliphatic rings. The number of methoxy groups -OCH3 is 1. The fourth-order valence-electron chi connectivity index (χ4n) is 1.89. The first-order chi connectivity index (χ1) is 9.34. The summed E-state index contributed by atoms with van der Waals surface area (Å²) in [4.78, 5) is 12.0. The Morgan fingerprint density at radius 3 is 2.15 bits per heavy atom. The van der Waals surface area contributed by atoms with Crippen LogP contribution in [-0.4, -0.2) is 33.4 Å². The fraction of sp³-hybridized carbons (Fsp3) is 0.500. The predicted octanol–water partition coefficient (Wildman–Crippen LogP) is 2.06. The highest BCUT2D eigenvalue weighted by molar-refractivity contribution is 7.92. The van der Waals surface area contributed by atoms with Crippen molar-refractivity contribution >= 4 is 15.8 Å². The summed E-state index contributed by atoms with van der Waals surface area (Å²) in [6.07, 6.45) is 0. The molecule has 0 spiro atoms.